The second-order valence-corrected chi connectivity index (χ2v) is 7.28. The van der Waals surface area contributed by atoms with E-state index < -0.39 is 0 Å². The predicted octanol–water partition coefficient (Wildman–Crippen LogP) is 4.67. The van der Waals surface area contributed by atoms with Crippen molar-refractivity contribution in [2.45, 2.75) is 19.5 Å². The molecular formula is C25H26N2O2. The van der Waals surface area contributed by atoms with Crippen LogP contribution in [-0.2, 0) is 13.1 Å². The van der Waals surface area contributed by atoms with Crippen molar-refractivity contribution in [2.75, 3.05) is 13.1 Å². The predicted molar refractivity (Wildman–Crippen MR) is 119 cm³/mol. The third-order valence-corrected chi connectivity index (χ3v) is 5.34. The Hall–Kier alpha value is -3.08. The summed E-state index contributed by atoms with van der Waals surface area (Å²) >= 11 is 0. The van der Waals surface area contributed by atoms with Gasteiger partial charge in [0.05, 0.1) is 0 Å². The first-order chi connectivity index (χ1) is 14.2. The van der Waals surface area contributed by atoms with Crippen molar-refractivity contribution in [3.63, 3.8) is 0 Å². The summed E-state index contributed by atoms with van der Waals surface area (Å²) in [6.45, 7) is 2.96. The fourth-order valence-electron chi connectivity index (χ4n) is 3.79. The first kappa shape index (κ1) is 19.2. The Morgan fingerprint density at radius 2 is 1.00 bits per heavy atom. The van der Waals surface area contributed by atoms with E-state index in [2.05, 4.69) is 22.8 Å². The molecule has 0 amide bonds. The molecule has 0 unspecified atom stereocenters. The number of fused-ring (bicyclic) bond motifs is 2. The van der Waals surface area contributed by atoms with E-state index in [-0.39, 0.29) is 0 Å². The molecule has 0 spiro atoms. The lowest BCUT2D eigenvalue weighted by Crippen LogP contribution is -2.21. The smallest absolute Gasteiger partial charge is 0.120 e. The number of rotatable bonds is 8. The Morgan fingerprint density at radius 1 is 0.552 bits per heavy atom. The van der Waals surface area contributed by atoms with Crippen molar-refractivity contribution < 1.29 is 10.2 Å². The van der Waals surface area contributed by atoms with Crippen LogP contribution in [0.25, 0.3) is 21.5 Å². The van der Waals surface area contributed by atoms with Gasteiger partial charge in [-0.2, -0.15) is 0 Å². The van der Waals surface area contributed by atoms with Crippen molar-refractivity contribution in [1.29, 1.82) is 0 Å². The molecule has 0 aliphatic heterocycles. The molecule has 0 saturated heterocycles. The summed E-state index contributed by atoms with van der Waals surface area (Å²) in [5, 5.41) is 31.7. The van der Waals surface area contributed by atoms with Crippen molar-refractivity contribution in [3.8, 4) is 11.5 Å². The molecule has 0 aliphatic rings. The fourth-order valence-corrected chi connectivity index (χ4v) is 3.79. The Bertz CT molecular complexity index is 1030. The topological polar surface area (TPSA) is 64.5 Å². The zero-order valence-electron chi connectivity index (χ0n) is 16.4. The molecule has 4 N–H and O–H groups in total. The van der Waals surface area contributed by atoms with E-state index >= 15 is 0 Å². The van der Waals surface area contributed by atoms with Crippen LogP contribution in [0.5, 0.6) is 11.5 Å². The quantitative estimate of drug-likeness (QED) is 0.332. The van der Waals surface area contributed by atoms with Crippen molar-refractivity contribution in [2.24, 2.45) is 0 Å². The summed E-state index contributed by atoms with van der Waals surface area (Å²) in [5.74, 6) is 0.668. The standard InChI is InChI=1S/C25H26N2O2/c28-24-12-10-18-6-1-3-8-20(18)22(24)16-26-14-5-15-27-17-23-21-9-4-2-7-19(21)11-13-25(23)29/h1-4,6-13,26-29H,5,14-17H2. The van der Waals surface area contributed by atoms with Crippen LogP contribution in [0, 0.1) is 0 Å². The molecule has 0 bridgehead atoms. The number of aromatic hydroxyl groups is 2. The lowest BCUT2D eigenvalue weighted by Gasteiger charge is -2.12. The van der Waals surface area contributed by atoms with Crippen LogP contribution in [0.3, 0.4) is 0 Å². The SMILES string of the molecule is Oc1ccc2ccccc2c1CNCCCNCc1c(O)ccc2ccccc12. The third kappa shape index (κ3) is 4.34. The number of phenols is 2. The molecule has 0 radical (unpaired) electrons. The summed E-state index contributed by atoms with van der Waals surface area (Å²) in [4.78, 5) is 0. The van der Waals surface area contributed by atoms with Gasteiger partial charge in [-0.1, -0.05) is 60.7 Å². The highest BCUT2D eigenvalue weighted by Gasteiger charge is 2.07. The van der Waals surface area contributed by atoms with Gasteiger partial charge in [0.25, 0.3) is 0 Å². The highest BCUT2D eigenvalue weighted by molar-refractivity contribution is 5.88. The summed E-state index contributed by atoms with van der Waals surface area (Å²) < 4.78 is 0. The van der Waals surface area contributed by atoms with Gasteiger partial charge < -0.3 is 20.8 Å². The molecule has 148 valence electrons. The van der Waals surface area contributed by atoms with E-state index in [0.29, 0.717) is 24.6 Å². The Labute approximate surface area is 170 Å². The number of hydrogen-bond donors (Lipinski definition) is 4. The van der Waals surface area contributed by atoms with Crippen molar-refractivity contribution in [1.82, 2.24) is 10.6 Å². The van der Waals surface area contributed by atoms with E-state index in [1.54, 1.807) is 12.1 Å². The maximum atomic E-state index is 10.2. The van der Waals surface area contributed by atoms with Gasteiger partial charge in [0, 0.05) is 24.2 Å². The average molecular weight is 386 g/mol. The molecule has 0 aromatic heterocycles. The summed E-state index contributed by atoms with van der Waals surface area (Å²) in [6.07, 6.45) is 0.955. The van der Waals surface area contributed by atoms with Crippen LogP contribution < -0.4 is 10.6 Å². The first-order valence-corrected chi connectivity index (χ1v) is 10.0. The molecule has 4 heteroatoms. The lowest BCUT2D eigenvalue weighted by molar-refractivity contribution is 0.463. The highest BCUT2D eigenvalue weighted by Crippen LogP contribution is 2.27. The molecule has 4 aromatic carbocycles. The minimum absolute atomic E-state index is 0.334. The monoisotopic (exact) mass is 386 g/mol. The maximum Gasteiger partial charge on any atom is 0.120 e. The molecule has 0 fully saturated rings. The number of benzene rings is 4. The number of hydrogen-bond acceptors (Lipinski definition) is 4. The lowest BCUT2D eigenvalue weighted by atomic mass is 10.0. The summed E-state index contributed by atoms with van der Waals surface area (Å²) in [7, 11) is 0. The van der Waals surface area contributed by atoms with Gasteiger partial charge in [-0.15, -0.1) is 0 Å². The second kappa shape index (κ2) is 8.95. The van der Waals surface area contributed by atoms with Crippen molar-refractivity contribution >= 4 is 21.5 Å². The van der Waals surface area contributed by atoms with Gasteiger partial charge in [-0.25, -0.2) is 0 Å². The molecule has 0 atom stereocenters. The van der Waals surface area contributed by atoms with Crippen molar-refractivity contribution in [3.05, 3.63) is 83.9 Å². The van der Waals surface area contributed by atoms with E-state index in [4.69, 9.17) is 0 Å². The molecule has 0 saturated carbocycles. The molecule has 0 heterocycles. The summed E-state index contributed by atoms with van der Waals surface area (Å²) in [6, 6.07) is 23.6. The van der Waals surface area contributed by atoms with E-state index in [0.717, 1.165) is 52.2 Å². The molecule has 0 aliphatic carbocycles. The molecule has 29 heavy (non-hydrogen) atoms. The Balaban J connectivity index is 1.27. The molecule has 4 aromatic rings. The van der Waals surface area contributed by atoms with Gasteiger partial charge in [-0.05, 0) is 53.2 Å². The van der Waals surface area contributed by atoms with Gasteiger partial charge in [0.1, 0.15) is 11.5 Å². The first-order valence-electron chi connectivity index (χ1n) is 10.0. The van der Waals surface area contributed by atoms with Crippen LogP contribution in [0.15, 0.2) is 72.8 Å². The van der Waals surface area contributed by atoms with Crippen LogP contribution in [0.1, 0.15) is 17.5 Å². The Morgan fingerprint density at radius 3 is 1.48 bits per heavy atom. The van der Waals surface area contributed by atoms with E-state index in [1.807, 2.05) is 48.5 Å². The average Bonchev–Trinajstić information content (AvgIpc) is 2.75. The van der Waals surface area contributed by atoms with Gasteiger partial charge in [0.15, 0.2) is 0 Å². The zero-order valence-corrected chi connectivity index (χ0v) is 16.4. The zero-order chi connectivity index (χ0) is 20.1. The third-order valence-electron chi connectivity index (χ3n) is 5.34. The minimum Gasteiger partial charge on any atom is -0.508 e. The normalized spacial score (nSPS) is 11.3. The fraction of sp³-hybridized carbons (Fsp3) is 0.200. The van der Waals surface area contributed by atoms with Gasteiger partial charge in [0.2, 0.25) is 0 Å². The molecule has 4 nitrogen and oxygen atoms in total. The number of nitrogens with one attached hydrogen (secondary N) is 2. The molecule has 4 rings (SSSR count). The van der Waals surface area contributed by atoms with Crippen LogP contribution >= 0.6 is 0 Å². The maximum absolute atomic E-state index is 10.2. The Kier molecular flexibility index (Phi) is 5.94. The van der Waals surface area contributed by atoms with E-state index in [1.165, 1.54) is 0 Å². The van der Waals surface area contributed by atoms with Crippen LogP contribution in [0.2, 0.25) is 0 Å². The van der Waals surface area contributed by atoms with E-state index in [9.17, 15) is 10.2 Å². The highest BCUT2D eigenvalue weighted by atomic mass is 16.3. The molecular weight excluding hydrogens is 360 g/mol. The minimum atomic E-state index is 0.334. The van der Waals surface area contributed by atoms with Crippen LogP contribution in [-0.4, -0.2) is 23.3 Å². The number of phenolic OH excluding ortho intramolecular Hbond substituents is 2. The second-order valence-electron chi connectivity index (χ2n) is 7.28. The van der Waals surface area contributed by atoms with Gasteiger partial charge >= 0.3 is 0 Å². The van der Waals surface area contributed by atoms with Gasteiger partial charge in [-0.3, -0.25) is 0 Å². The van der Waals surface area contributed by atoms with Crippen LogP contribution in [0.4, 0.5) is 0 Å². The summed E-state index contributed by atoms with van der Waals surface area (Å²) in [5.41, 5.74) is 1.88. The largest absolute Gasteiger partial charge is 0.508 e.